The standard InChI is InChI=1S/C23H24N4O2/c1-2-17-5-3-6-20(15-17)29-22-9-8-19(16-25-22)26-23(28)27-14-4-7-21(27)18-10-12-24-13-11-18/h3,5-6,8-13,15-16,21H,2,4,7,14H2,1H3,(H,26,28). The van der Waals surface area contributed by atoms with Gasteiger partial charge in [-0.25, -0.2) is 9.78 Å². The molecule has 1 aliphatic heterocycles. The molecule has 0 radical (unpaired) electrons. The molecule has 1 unspecified atom stereocenters. The molecule has 1 aliphatic rings. The molecule has 3 aromatic rings. The van der Waals surface area contributed by atoms with Gasteiger partial charge in [0.1, 0.15) is 5.75 Å². The molecule has 1 saturated heterocycles. The molecule has 2 aromatic heterocycles. The first-order valence-corrected chi connectivity index (χ1v) is 9.93. The van der Waals surface area contributed by atoms with Crippen LogP contribution in [0.15, 0.2) is 67.1 Å². The van der Waals surface area contributed by atoms with Crippen LogP contribution < -0.4 is 10.1 Å². The van der Waals surface area contributed by atoms with Gasteiger partial charge in [0, 0.05) is 25.0 Å². The van der Waals surface area contributed by atoms with Gasteiger partial charge in [-0.3, -0.25) is 4.98 Å². The number of pyridine rings is 2. The molecule has 0 spiro atoms. The summed E-state index contributed by atoms with van der Waals surface area (Å²) in [5.41, 5.74) is 2.97. The third-order valence-corrected chi connectivity index (χ3v) is 5.12. The van der Waals surface area contributed by atoms with Gasteiger partial charge in [-0.1, -0.05) is 19.1 Å². The Bertz CT molecular complexity index is 960. The minimum Gasteiger partial charge on any atom is -0.439 e. The number of aryl methyl sites for hydroxylation is 1. The molecule has 1 fully saturated rings. The van der Waals surface area contributed by atoms with Crippen molar-refractivity contribution in [2.75, 3.05) is 11.9 Å². The van der Waals surface area contributed by atoms with Crippen molar-refractivity contribution >= 4 is 11.7 Å². The van der Waals surface area contributed by atoms with E-state index in [2.05, 4.69) is 28.3 Å². The largest absolute Gasteiger partial charge is 0.439 e. The SMILES string of the molecule is CCc1cccc(Oc2ccc(NC(=O)N3CCCC3c3ccncc3)cn2)c1. The van der Waals surface area contributed by atoms with Crippen LogP contribution in [0.4, 0.5) is 10.5 Å². The van der Waals surface area contributed by atoms with Crippen LogP contribution in [0.1, 0.15) is 36.9 Å². The number of carbonyl (C=O) groups is 1. The van der Waals surface area contributed by atoms with E-state index in [1.807, 2.05) is 35.2 Å². The summed E-state index contributed by atoms with van der Waals surface area (Å²) in [6, 6.07) is 15.4. The number of rotatable bonds is 5. The summed E-state index contributed by atoms with van der Waals surface area (Å²) in [6.45, 7) is 2.84. The van der Waals surface area contributed by atoms with Crippen molar-refractivity contribution < 1.29 is 9.53 Å². The quantitative estimate of drug-likeness (QED) is 0.652. The van der Waals surface area contributed by atoms with E-state index in [4.69, 9.17) is 4.74 Å². The van der Waals surface area contributed by atoms with Crippen LogP contribution in [0.2, 0.25) is 0 Å². The highest BCUT2D eigenvalue weighted by atomic mass is 16.5. The molecule has 1 N–H and O–H groups in total. The number of anilines is 1. The van der Waals surface area contributed by atoms with Gasteiger partial charge < -0.3 is 15.0 Å². The minimum absolute atomic E-state index is 0.0828. The molecule has 1 atom stereocenters. The van der Waals surface area contributed by atoms with Crippen LogP contribution in [0.5, 0.6) is 11.6 Å². The summed E-state index contributed by atoms with van der Waals surface area (Å²) in [5.74, 6) is 1.25. The zero-order valence-electron chi connectivity index (χ0n) is 16.4. The molecule has 6 nitrogen and oxygen atoms in total. The van der Waals surface area contributed by atoms with E-state index in [0.29, 0.717) is 11.6 Å². The van der Waals surface area contributed by atoms with Gasteiger partial charge in [0.05, 0.1) is 17.9 Å². The van der Waals surface area contributed by atoms with Crippen LogP contribution in [-0.4, -0.2) is 27.4 Å². The van der Waals surface area contributed by atoms with Gasteiger partial charge in [-0.15, -0.1) is 0 Å². The second-order valence-electron chi connectivity index (χ2n) is 7.05. The summed E-state index contributed by atoms with van der Waals surface area (Å²) < 4.78 is 5.82. The molecular weight excluding hydrogens is 364 g/mol. The number of urea groups is 1. The Labute approximate surface area is 170 Å². The third-order valence-electron chi connectivity index (χ3n) is 5.12. The predicted molar refractivity (Wildman–Crippen MR) is 112 cm³/mol. The fraction of sp³-hybridized carbons (Fsp3) is 0.261. The monoisotopic (exact) mass is 388 g/mol. The van der Waals surface area contributed by atoms with Crippen molar-refractivity contribution in [3.8, 4) is 11.6 Å². The Balaban J connectivity index is 1.40. The Morgan fingerprint density at radius 1 is 1.21 bits per heavy atom. The number of amides is 2. The van der Waals surface area contributed by atoms with E-state index in [0.717, 1.165) is 37.1 Å². The average molecular weight is 388 g/mol. The minimum atomic E-state index is -0.115. The fourth-order valence-electron chi connectivity index (χ4n) is 3.60. The lowest BCUT2D eigenvalue weighted by Crippen LogP contribution is -2.34. The Kier molecular flexibility index (Phi) is 5.70. The van der Waals surface area contributed by atoms with Gasteiger partial charge >= 0.3 is 6.03 Å². The Morgan fingerprint density at radius 2 is 2.07 bits per heavy atom. The van der Waals surface area contributed by atoms with E-state index < -0.39 is 0 Å². The third kappa shape index (κ3) is 4.54. The molecule has 1 aromatic carbocycles. The second kappa shape index (κ2) is 8.73. The van der Waals surface area contributed by atoms with Crippen molar-refractivity contribution in [3.05, 3.63) is 78.2 Å². The maximum Gasteiger partial charge on any atom is 0.322 e. The van der Waals surface area contributed by atoms with Gasteiger partial charge in [-0.05, 0) is 60.7 Å². The molecular formula is C23H24N4O2. The van der Waals surface area contributed by atoms with Crippen LogP contribution >= 0.6 is 0 Å². The number of likely N-dealkylation sites (tertiary alicyclic amines) is 1. The summed E-state index contributed by atoms with van der Waals surface area (Å²) in [5, 5.41) is 2.95. The average Bonchev–Trinajstić information content (AvgIpc) is 3.26. The maximum atomic E-state index is 12.8. The second-order valence-corrected chi connectivity index (χ2v) is 7.05. The number of carbonyl (C=O) groups excluding carboxylic acids is 1. The molecule has 3 heterocycles. The number of hydrogen-bond acceptors (Lipinski definition) is 4. The molecule has 29 heavy (non-hydrogen) atoms. The van der Waals surface area contributed by atoms with Crippen molar-refractivity contribution in [2.45, 2.75) is 32.2 Å². The lowest BCUT2D eigenvalue weighted by atomic mass is 10.1. The summed E-state index contributed by atoms with van der Waals surface area (Å²) in [7, 11) is 0. The highest BCUT2D eigenvalue weighted by Crippen LogP contribution is 2.32. The molecule has 0 aliphatic carbocycles. The zero-order valence-corrected chi connectivity index (χ0v) is 16.4. The zero-order chi connectivity index (χ0) is 20.1. The number of ether oxygens (including phenoxy) is 1. The van der Waals surface area contributed by atoms with E-state index in [1.165, 1.54) is 5.56 Å². The van der Waals surface area contributed by atoms with E-state index in [9.17, 15) is 4.79 Å². The van der Waals surface area contributed by atoms with Gasteiger partial charge in [0.2, 0.25) is 5.88 Å². The van der Waals surface area contributed by atoms with Gasteiger partial charge in [0.15, 0.2) is 0 Å². The lowest BCUT2D eigenvalue weighted by Gasteiger charge is -2.25. The van der Waals surface area contributed by atoms with Crippen molar-refractivity contribution in [1.82, 2.24) is 14.9 Å². The van der Waals surface area contributed by atoms with Crippen LogP contribution in [0, 0.1) is 0 Å². The number of aromatic nitrogens is 2. The van der Waals surface area contributed by atoms with E-state index >= 15 is 0 Å². The first-order chi connectivity index (χ1) is 14.2. The van der Waals surface area contributed by atoms with Crippen LogP contribution in [-0.2, 0) is 6.42 Å². The topological polar surface area (TPSA) is 67.3 Å². The smallest absolute Gasteiger partial charge is 0.322 e. The van der Waals surface area contributed by atoms with Crippen molar-refractivity contribution in [2.24, 2.45) is 0 Å². The highest BCUT2D eigenvalue weighted by Gasteiger charge is 2.29. The molecule has 0 saturated carbocycles. The Hall–Kier alpha value is -3.41. The highest BCUT2D eigenvalue weighted by molar-refractivity contribution is 5.89. The fourth-order valence-corrected chi connectivity index (χ4v) is 3.60. The van der Waals surface area contributed by atoms with Crippen LogP contribution in [0.25, 0.3) is 0 Å². The normalized spacial score (nSPS) is 15.9. The van der Waals surface area contributed by atoms with Gasteiger partial charge in [-0.2, -0.15) is 0 Å². The number of hydrogen-bond donors (Lipinski definition) is 1. The number of nitrogens with zero attached hydrogens (tertiary/aromatic N) is 3. The first kappa shape index (κ1) is 18.9. The first-order valence-electron chi connectivity index (χ1n) is 9.93. The molecule has 0 bridgehead atoms. The molecule has 6 heteroatoms. The predicted octanol–water partition coefficient (Wildman–Crippen LogP) is 5.20. The van der Waals surface area contributed by atoms with E-state index in [-0.39, 0.29) is 12.1 Å². The van der Waals surface area contributed by atoms with Crippen LogP contribution in [0.3, 0.4) is 0 Å². The van der Waals surface area contributed by atoms with Crippen molar-refractivity contribution in [3.63, 3.8) is 0 Å². The molecule has 2 amide bonds. The number of benzene rings is 1. The molecule has 4 rings (SSSR count). The van der Waals surface area contributed by atoms with Gasteiger partial charge in [0.25, 0.3) is 0 Å². The van der Waals surface area contributed by atoms with Crippen molar-refractivity contribution in [1.29, 1.82) is 0 Å². The summed E-state index contributed by atoms with van der Waals surface area (Å²) in [4.78, 5) is 23.0. The van der Waals surface area contributed by atoms with E-state index in [1.54, 1.807) is 30.7 Å². The lowest BCUT2D eigenvalue weighted by molar-refractivity contribution is 0.207. The Morgan fingerprint density at radius 3 is 2.83 bits per heavy atom. The number of nitrogens with one attached hydrogen (secondary N) is 1. The summed E-state index contributed by atoms with van der Waals surface area (Å²) >= 11 is 0. The molecule has 148 valence electrons. The summed E-state index contributed by atoms with van der Waals surface area (Å²) in [6.07, 6.45) is 8.05. The maximum absolute atomic E-state index is 12.8.